The summed E-state index contributed by atoms with van der Waals surface area (Å²) in [5, 5.41) is 3.97. The third-order valence-electron chi connectivity index (χ3n) is 6.32. The van der Waals surface area contributed by atoms with Crippen molar-refractivity contribution in [1.82, 2.24) is 5.32 Å². The fourth-order valence-electron chi connectivity index (χ4n) is 4.84. The molecule has 2 aromatic rings. The molecule has 0 saturated heterocycles. The van der Waals surface area contributed by atoms with Gasteiger partial charge in [-0.2, -0.15) is 0 Å². The molecule has 2 heterocycles. The summed E-state index contributed by atoms with van der Waals surface area (Å²) in [7, 11) is 1.35. The van der Waals surface area contributed by atoms with Crippen LogP contribution in [0.3, 0.4) is 0 Å². The van der Waals surface area contributed by atoms with Gasteiger partial charge in [0.1, 0.15) is 5.78 Å². The van der Waals surface area contributed by atoms with E-state index in [2.05, 4.69) is 11.4 Å². The Labute approximate surface area is 190 Å². The van der Waals surface area contributed by atoms with Crippen molar-refractivity contribution < 1.29 is 23.8 Å². The molecular formula is C25H22ClNO5. The van der Waals surface area contributed by atoms with Gasteiger partial charge in [-0.05, 0) is 42.3 Å². The number of halogens is 1. The van der Waals surface area contributed by atoms with E-state index in [1.54, 1.807) is 0 Å². The summed E-state index contributed by atoms with van der Waals surface area (Å²) in [6, 6.07) is 13.1. The summed E-state index contributed by atoms with van der Waals surface area (Å²) in [6.45, 7) is 1.99. The quantitative estimate of drug-likeness (QED) is 0.694. The van der Waals surface area contributed by atoms with Gasteiger partial charge in [0, 0.05) is 34.7 Å². The summed E-state index contributed by atoms with van der Waals surface area (Å²) in [6.07, 6.45) is 2.43. The molecule has 0 aromatic heterocycles. The molecule has 6 nitrogen and oxygen atoms in total. The van der Waals surface area contributed by atoms with E-state index in [1.165, 1.54) is 7.11 Å². The molecule has 7 heteroatoms. The number of rotatable bonds is 3. The molecule has 3 unspecified atom stereocenters. The van der Waals surface area contributed by atoms with Crippen molar-refractivity contribution in [1.29, 1.82) is 0 Å². The number of benzene rings is 2. The van der Waals surface area contributed by atoms with Crippen LogP contribution in [-0.2, 0) is 14.3 Å². The lowest BCUT2D eigenvalue weighted by atomic mass is 9.68. The third-order valence-corrected chi connectivity index (χ3v) is 6.58. The van der Waals surface area contributed by atoms with Crippen LogP contribution in [0.5, 0.6) is 11.5 Å². The highest BCUT2D eigenvalue weighted by Gasteiger charge is 2.45. The van der Waals surface area contributed by atoms with E-state index in [4.69, 9.17) is 25.8 Å². The van der Waals surface area contributed by atoms with Crippen molar-refractivity contribution >= 4 is 23.4 Å². The Kier molecular flexibility index (Phi) is 5.18. The van der Waals surface area contributed by atoms with E-state index in [0.717, 1.165) is 16.8 Å². The van der Waals surface area contributed by atoms with E-state index in [9.17, 15) is 9.59 Å². The number of carbonyl (C=O) groups is 2. The summed E-state index contributed by atoms with van der Waals surface area (Å²) < 4.78 is 16.1. The number of hydrogen-bond donors (Lipinski definition) is 1. The predicted octanol–water partition coefficient (Wildman–Crippen LogP) is 4.46. The van der Waals surface area contributed by atoms with Crippen molar-refractivity contribution in [3.05, 3.63) is 81.7 Å². The van der Waals surface area contributed by atoms with Gasteiger partial charge in [-0.1, -0.05) is 35.9 Å². The molecule has 32 heavy (non-hydrogen) atoms. The van der Waals surface area contributed by atoms with E-state index in [0.29, 0.717) is 34.2 Å². The highest BCUT2D eigenvalue weighted by molar-refractivity contribution is 6.30. The molecule has 164 valence electrons. The number of nitrogens with one attached hydrogen (secondary N) is 1. The molecule has 0 saturated carbocycles. The Bertz CT molecular complexity index is 1170. The Balaban J connectivity index is 1.61. The number of ketones is 1. The first-order valence-electron chi connectivity index (χ1n) is 10.4. The van der Waals surface area contributed by atoms with E-state index in [-0.39, 0.29) is 18.5 Å². The maximum Gasteiger partial charge on any atom is 0.336 e. The van der Waals surface area contributed by atoms with Crippen LogP contribution in [0.4, 0.5) is 0 Å². The maximum atomic E-state index is 13.5. The standard InChI is InChI=1S/C25H22ClNO5/c1-13-22(25(29)30-2)23(15-5-8-20-21(11-15)32-12-31-20)24-18(27-13)9-16(10-19(24)28)14-3-6-17(26)7-4-14/h3-9,11,16,23-24,27H,10,12H2,1-2H3. The van der Waals surface area contributed by atoms with Gasteiger partial charge in [0.2, 0.25) is 6.79 Å². The SMILES string of the molecule is COC(=O)C1=C(C)NC2=CC(c3ccc(Cl)cc3)CC(=O)C2C1c1ccc2c(c1)OCO2. The van der Waals surface area contributed by atoms with Crippen LogP contribution in [0.1, 0.15) is 36.3 Å². The Morgan fingerprint density at radius 2 is 1.78 bits per heavy atom. The number of carbonyl (C=O) groups excluding carboxylic acids is 2. The van der Waals surface area contributed by atoms with Crippen LogP contribution in [-0.4, -0.2) is 25.7 Å². The third kappa shape index (κ3) is 3.45. The van der Waals surface area contributed by atoms with E-state index in [1.807, 2.05) is 49.4 Å². The molecule has 0 fully saturated rings. The lowest BCUT2D eigenvalue weighted by Crippen LogP contribution is -2.41. The molecule has 0 spiro atoms. The maximum absolute atomic E-state index is 13.5. The van der Waals surface area contributed by atoms with Crippen LogP contribution in [0.2, 0.25) is 5.02 Å². The van der Waals surface area contributed by atoms with Crippen molar-refractivity contribution in [2.24, 2.45) is 5.92 Å². The fraction of sp³-hybridized carbons (Fsp3) is 0.280. The Morgan fingerprint density at radius 3 is 2.53 bits per heavy atom. The molecule has 1 aliphatic carbocycles. The molecule has 3 atom stereocenters. The minimum Gasteiger partial charge on any atom is -0.466 e. The smallest absolute Gasteiger partial charge is 0.336 e. The number of ether oxygens (including phenoxy) is 3. The van der Waals surface area contributed by atoms with Gasteiger partial charge in [0.15, 0.2) is 11.5 Å². The second-order valence-electron chi connectivity index (χ2n) is 8.17. The first kappa shape index (κ1) is 20.6. The number of Topliss-reactive ketones (excluding diaryl/α,β-unsaturated/α-hetero) is 1. The second-order valence-corrected chi connectivity index (χ2v) is 8.61. The highest BCUT2D eigenvalue weighted by Crippen LogP contribution is 2.48. The van der Waals surface area contributed by atoms with Gasteiger partial charge in [-0.3, -0.25) is 4.79 Å². The first-order valence-corrected chi connectivity index (χ1v) is 10.8. The molecule has 0 bridgehead atoms. The average Bonchev–Trinajstić information content (AvgIpc) is 3.26. The van der Waals surface area contributed by atoms with Crippen LogP contribution in [0.15, 0.2) is 65.5 Å². The Hall–Kier alpha value is -3.25. The Morgan fingerprint density at radius 1 is 1.06 bits per heavy atom. The topological polar surface area (TPSA) is 73.9 Å². The number of methoxy groups -OCH3 is 1. The predicted molar refractivity (Wildman–Crippen MR) is 119 cm³/mol. The normalized spacial score (nSPS) is 23.9. The van der Waals surface area contributed by atoms with E-state index < -0.39 is 17.8 Å². The molecule has 3 aliphatic rings. The second kappa shape index (κ2) is 8.02. The zero-order valence-corrected chi connectivity index (χ0v) is 18.4. The summed E-state index contributed by atoms with van der Waals surface area (Å²) in [5.74, 6) is -0.202. The lowest BCUT2D eigenvalue weighted by molar-refractivity contribution is -0.136. The largest absolute Gasteiger partial charge is 0.466 e. The molecule has 0 amide bonds. The molecule has 5 rings (SSSR count). The summed E-state index contributed by atoms with van der Waals surface area (Å²) >= 11 is 6.03. The van der Waals surface area contributed by atoms with Crippen LogP contribution < -0.4 is 14.8 Å². The van der Waals surface area contributed by atoms with Crippen molar-refractivity contribution in [3.63, 3.8) is 0 Å². The van der Waals surface area contributed by atoms with Gasteiger partial charge in [0.25, 0.3) is 0 Å². The zero-order valence-electron chi connectivity index (χ0n) is 17.7. The average molecular weight is 452 g/mol. The van der Waals surface area contributed by atoms with Crippen molar-refractivity contribution in [2.45, 2.75) is 25.2 Å². The fourth-order valence-corrected chi connectivity index (χ4v) is 4.97. The van der Waals surface area contributed by atoms with Crippen LogP contribution >= 0.6 is 11.6 Å². The lowest BCUT2D eigenvalue weighted by Gasteiger charge is -2.39. The zero-order chi connectivity index (χ0) is 22.4. The molecule has 0 radical (unpaired) electrons. The van der Waals surface area contributed by atoms with Gasteiger partial charge < -0.3 is 19.5 Å². The van der Waals surface area contributed by atoms with Gasteiger partial charge in [-0.15, -0.1) is 0 Å². The van der Waals surface area contributed by atoms with Crippen LogP contribution in [0, 0.1) is 5.92 Å². The van der Waals surface area contributed by atoms with Gasteiger partial charge >= 0.3 is 5.97 Å². The number of fused-ring (bicyclic) bond motifs is 2. The van der Waals surface area contributed by atoms with E-state index >= 15 is 0 Å². The number of allylic oxidation sites excluding steroid dienone is 3. The van der Waals surface area contributed by atoms with Crippen LogP contribution in [0.25, 0.3) is 0 Å². The molecule has 2 aromatic carbocycles. The van der Waals surface area contributed by atoms with Crippen molar-refractivity contribution in [2.75, 3.05) is 13.9 Å². The summed E-state index contributed by atoms with van der Waals surface area (Å²) in [4.78, 5) is 26.3. The molecular weight excluding hydrogens is 430 g/mol. The minimum absolute atomic E-state index is 0.0616. The molecule has 1 N–H and O–H groups in total. The minimum atomic E-state index is -0.517. The first-order chi connectivity index (χ1) is 15.5. The van der Waals surface area contributed by atoms with Gasteiger partial charge in [-0.25, -0.2) is 4.79 Å². The highest BCUT2D eigenvalue weighted by atomic mass is 35.5. The monoisotopic (exact) mass is 451 g/mol. The molecule has 2 aliphatic heterocycles. The van der Waals surface area contributed by atoms with Gasteiger partial charge in [0.05, 0.1) is 18.6 Å². The number of hydrogen-bond acceptors (Lipinski definition) is 6. The summed E-state index contributed by atoms with van der Waals surface area (Å²) in [5.41, 5.74) is 3.76. The van der Waals surface area contributed by atoms with Crippen molar-refractivity contribution in [3.8, 4) is 11.5 Å². The number of esters is 1.